The van der Waals surface area contributed by atoms with Crippen molar-refractivity contribution in [3.63, 3.8) is 0 Å². The Balaban J connectivity index is 2.11. The van der Waals surface area contributed by atoms with Gasteiger partial charge in [-0.1, -0.05) is 0 Å². The highest BCUT2D eigenvalue weighted by Crippen LogP contribution is 2.22. The SMILES string of the molecule is Cn1nc(OC2CCC2)ccc1=O. The quantitative estimate of drug-likeness (QED) is 0.673. The molecule has 1 aliphatic rings. The lowest BCUT2D eigenvalue weighted by Gasteiger charge is -2.25. The molecule has 0 atom stereocenters. The van der Waals surface area contributed by atoms with Crippen LogP contribution in [0.3, 0.4) is 0 Å². The first-order chi connectivity index (χ1) is 6.25. The Hall–Kier alpha value is -1.32. The van der Waals surface area contributed by atoms with Crippen LogP contribution in [0.4, 0.5) is 0 Å². The van der Waals surface area contributed by atoms with Crippen molar-refractivity contribution in [1.29, 1.82) is 0 Å². The fourth-order valence-electron chi connectivity index (χ4n) is 1.20. The molecule has 13 heavy (non-hydrogen) atoms. The fourth-order valence-corrected chi connectivity index (χ4v) is 1.20. The van der Waals surface area contributed by atoms with Crippen LogP contribution >= 0.6 is 0 Å². The van der Waals surface area contributed by atoms with Gasteiger partial charge in [0.25, 0.3) is 5.56 Å². The Labute approximate surface area is 76.1 Å². The second-order valence-corrected chi connectivity index (χ2v) is 3.30. The number of aryl methyl sites for hydroxylation is 1. The van der Waals surface area contributed by atoms with Crippen molar-refractivity contribution in [1.82, 2.24) is 9.78 Å². The van der Waals surface area contributed by atoms with Gasteiger partial charge in [-0.25, -0.2) is 4.68 Å². The van der Waals surface area contributed by atoms with E-state index >= 15 is 0 Å². The van der Waals surface area contributed by atoms with Crippen molar-refractivity contribution >= 4 is 0 Å². The van der Waals surface area contributed by atoms with Gasteiger partial charge in [-0.3, -0.25) is 4.79 Å². The zero-order chi connectivity index (χ0) is 9.26. The van der Waals surface area contributed by atoms with Crippen molar-refractivity contribution < 1.29 is 4.74 Å². The summed E-state index contributed by atoms with van der Waals surface area (Å²) in [7, 11) is 1.62. The van der Waals surface area contributed by atoms with Gasteiger partial charge >= 0.3 is 0 Å². The fraction of sp³-hybridized carbons (Fsp3) is 0.556. The van der Waals surface area contributed by atoms with Crippen LogP contribution in [0.5, 0.6) is 5.88 Å². The smallest absolute Gasteiger partial charge is 0.266 e. The predicted molar refractivity (Wildman–Crippen MR) is 47.7 cm³/mol. The summed E-state index contributed by atoms with van der Waals surface area (Å²) in [5.41, 5.74) is -0.110. The molecule has 0 N–H and O–H groups in total. The third-order valence-electron chi connectivity index (χ3n) is 2.28. The zero-order valence-corrected chi connectivity index (χ0v) is 7.56. The molecule has 0 unspecified atom stereocenters. The topological polar surface area (TPSA) is 44.1 Å². The molecule has 4 heteroatoms. The summed E-state index contributed by atoms with van der Waals surface area (Å²) in [6.45, 7) is 0. The molecule has 1 saturated carbocycles. The van der Waals surface area contributed by atoms with Gasteiger partial charge in [0.1, 0.15) is 6.10 Å². The van der Waals surface area contributed by atoms with Gasteiger partial charge < -0.3 is 4.74 Å². The Bertz CT molecular complexity index is 355. The van der Waals surface area contributed by atoms with Crippen LogP contribution in [0.2, 0.25) is 0 Å². The number of aromatic nitrogens is 2. The van der Waals surface area contributed by atoms with E-state index in [4.69, 9.17) is 4.74 Å². The number of hydrogen-bond acceptors (Lipinski definition) is 3. The summed E-state index contributed by atoms with van der Waals surface area (Å²) in [5, 5.41) is 3.98. The Kier molecular flexibility index (Phi) is 2.04. The highest BCUT2D eigenvalue weighted by Gasteiger charge is 2.19. The highest BCUT2D eigenvalue weighted by molar-refractivity contribution is 5.07. The molecule has 0 aliphatic heterocycles. The molecule has 2 rings (SSSR count). The summed E-state index contributed by atoms with van der Waals surface area (Å²) in [6.07, 6.45) is 3.75. The van der Waals surface area contributed by atoms with Gasteiger partial charge in [-0.15, -0.1) is 5.10 Å². The van der Waals surface area contributed by atoms with Crippen LogP contribution in [0.1, 0.15) is 19.3 Å². The van der Waals surface area contributed by atoms with Crippen molar-refractivity contribution in [2.24, 2.45) is 7.05 Å². The minimum Gasteiger partial charge on any atom is -0.473 e. The summed E-state index contributed by atoms with van der Waals surface area (Å²) >= 11 is 0. The second-order valence-electron chi connectivity index (χ2n) is 3.30. The zero-order valence-electron chi connectivity index (χ0n) is 7.56. The molecule has 0 amide bonds. The normalized spacial score (nSPS) is 16.7. The van der Waals surface area contributed by atoms with Crippen LogP contribution in [0.15, 0.2) is 16.9 Å². The standard InChI is InChI=1S/C9H12N2O2/c1-11-9(12)6-5-8(10-11)13-7-3-2-4-7/h5-7H,2-4H2,1H3. The van der Waals surface area contributed by atoms with Crippen LogP contribution in [0, 0.1) is 0 Å². The van der Waals surface area contributed by atoms with E-state index in [9.17, 15) is 4.79 Å². The first-order valence-electron chi connectivity index (χ1n) is 4.47. The maximum Gasteiger partial charge on any atom is 0.266 e. The van der Waals surface area contributed by atoms with E-state index in [2.05, 4.69) is 5.10 Å². The average Bonchev–Trinajstić information content (AvgIpc) is 2.04. The number of hydrogen-bond donors (Lipinski definition) is 0. The van der Waals surface area contributed by atoms with E-state index < -0.39 is 0 Å². The number of nitrogens with zero attached hydrogens (tertiary/aromatic N) is 2. The maximum absolute atomic E-state index is 11.0. The molecule has 0 radical (unpaired) electrons. The summed E-state index contributed by atoms with van der Waals surface area (Å²) in [5.74, 6) is 0.548. The van der Waals surface area contributed by atoms with Crippen LogP contribution in [0.25, 0.3) is 0 Å². The molecule has 0 aromatic carbocycles. The van der Waals surface area contributed by atoms with Crippen molar-refractivity contribution in [2.45, 2.75) is 25.4 Å². The molecule has 1 heterocycles. The Morgan fingerprint density at radius 1 is 1.54 bits per heavy atom. The van der Waals surface area contributed by atoms with Gasteiger partial charge in [0.15, 0.2) is 0 Å². The van der Waals surface area contributed by atoms with E-state index in [0.717, 1.165) is 12.8 Å². The predicted octanol–water partition coefficient (Wildman–Crippen LogP) is 0.712. The second kappa shape index (κ2) is 3.20. The maximum atomic E-state index is 11.0. The number of ether oxygens (including phenoxy) is 1. The Morgan fingerprint density at radius 3 is 2.85 bits per heavy atom. The third-order valence-corrected chi connectivity index (χ3v) is 2.28. The molecular formula is C9H12N2O2. The first kappa shape index (κ1) is 8.29. The summed E-state index contributed by atoms with van der Waals surface area (Å²) in [4.78, 5) is 11.0. The van der Waals surface area contributed by atoms with Gasteiger partial charge in [0.05, 0.1) is 0 Å². The lowest BCUT2D eigenvalue weighted by molar-refractivity contribution is 0.112. The minimum absolute atomic E-state index is 0.110. The average molecular weight is 180 g/mol. The van der Waals surface area contributed by atoms with Gasteiger partial charge in [0.2, 0.25) is 5.88 Å². The van der Waals surface area contributed by atoms with Gasteiger partial charge in [-0.2, -0.15) is 0 Å². The molecule has 70 valence electrons. The lowest BCUT2D eigenvalue weighted by atomic mass is 9.96. The molecule has 4 nitrogen and oxygen atoms in total. The van der Waals surface area contributed by atoms with E-state index in [1.807, 2.05) is 0 Å². The molecule has 1 aliphatic carbocycles. The van der Waals surface area contributed by atoms with E-state index in [0.29, 0.717) is 12.0 Å². The summed E-state index contributed by atoms with van der Waals surface area (Å²) < 4.78 is 6.80. The lowest BCUT2D eigenvalue weighted by Crippen LogP contribution is -2.27. The van der Waals surface area contributed by atoms with Crippen molar-refractivity contribution in [3.05, 3.63) is 22.5 Å². The summed E-state index contributed by atoms with van der Waals surface area (Å²) in [6, 6.07) is 3.10. The van der Waals surface area contributed by atoms with Gasteiger partial charge in [0, 0.05) is 19.2 Å². The molecule has 1 fully saturated rings. The van der Waals surface area contributed by atoms with Crippen molar-refractivity contribution in [3.8, 4) is 5.88 Å². The molecule has 1 aromatic heterocycles. The highest BCUT2D eigenvalue weighted by atomic mass is 16.5. The largest absolute Gasteiger partial charge is 0.473 e. The van der Waals surface area contributed by atoms with Crippen LogP contribution in [-0.4, -0.2) is 15.9 Å². The molecule has 0 saturated heterocycles. The molecule has 1 aromatic rings. The Morgan fingerprint density at radius 2 is 2.31 bits per heavy atom. The first-order valence-corrected chi connectivity index (χ1v) is 4.47. The van der Waals surface area contributed by atoms with Crippen LogP contribution < -0.4 is 10.3 Å². The van der Waals surface area contributed by atoms with Gasteiger partial charge in [-0.05, 0) is 19.3 Å². The van der Waals surface area contributed by atoms with Crippen LogP contribution in [-0.2, 0) is 7.05 Å². The molecule has 0 spiro atoms. The molecule has 0 bridgehead atoms. The van der Waals surface area contributed by atoms with E-state index in [-0.39, 0.29) is 5.56 Å². The van der Waals surface area contributed by atoms with E-state index in [1.54, 1.807) is 13.1 Å². The van der Waals surface area contributed by atoms with E-state index in [1.165, 1.54) is 17.2 Å². The monoisotopic (exact) mass is 180 g/mol. The van der Waals surface area contributed by atoms with Crippen molar-refractivity contribution in [2.75, 3.05) is 0 Å². The molecular weight excluding hydrogens is 168 g/mol. The third kappa shape index (κ3) is 1.71. The minimum atomic E-state index is -0.110. The number of rotatable bonds is 2.